The molecule has 0 bridgehead atoms. The highest BCUT2D eigenvalue weighted by Gasteiger charge is 2.38. The minimum absolute atomic E-state index is 0.216. The van der Waals surface area contributed by atoms with E-state index >= 15 is 0 Å². The molecule has 0 radical (unpaired) electrons. The maximum atomic E-state index is 11.2. The van der Waals surface area contributed by atoms with Crippen LogP contribution in [0, 0.1) is 12.8 Å². The lowest BCUT2D eigenvalue weighted by atomic mass is 10.2. The van der Waals surface area contributed by atoms with Crippen LogP contribution >= 0.6 is 0 Å². The van der Waals surface area contributed by atoms with Crippen LogP contribution in [0.15, 0.2) is 28.9 Å². The van der Waals surface area contributed by atoms with Crippen molar-refractivity contribution in [2.45, 2.75) is 25.8 Å². The summed E-state index contributed by atoms with van der Waals surface area (Å²) in [6, 6.07) is 3.20. The molecule has 2 aromatic heterocycles. The lowest BCUT2D eigenvalue weighted by molar-refractivity contribution is -0.141. The molecule has 2 aromatic rings. The Morgan fingerprint density at radius 3 is 2.89 bits per heavy atom. The summed E-state index contributed by atoms with van der Waals surface area (Å²) in [5.74, 6) is 0.949. The maximum Gasteiger partial charge on any atom is 0.328 e. The number of furan rings is 1. The standard InChI is InChI=1S/C13H14N2O3/c1-8-2-5-11(18-8)10-6-14-15(7-10)12(13(16)17)9-3-4-9/h2,5-7,9,12H,3-4H2,1H3,(H,16,17). The van der Waals surface area contributed by atoms with Gasteiger partial charge in [-0.05, 0) is 37.8 Å². The largest absolute Gasteiger partial charge is 0.480 e. The molecule has 1 atom stereocenters. The first-order valence-electron chi connectivity index (χ1n) is 5.99. The number of aliphatic carboxylic acids is 1. The summed E-state index contributed by atoms with van der Waals surface area (Å²) in [5, 5.41) is 13.4. The number of aromatic nitrogens is 2. The van der Waals surface area contributed by atoms with Gasteiger partial charge in [0.05, 0.1) is 11.8 Å². The Balaban J connectivity index is 1.90. The second kappa shape index (κ2) is 4.01. The molecule has 1 aliphatic rings. The van der Waals surface area contributed by atoms with Crippen LogP contribution in [0.25, 0.3) is 11.3 Å². The Labute approximate surface area is 104 Å². The molecule has 0 amide bonds. The van der Waals surface area contributed by atoms with Gasteiger partial charge >= 0.3 is 5.97 Å². The zero-order valence-electron chi connectivity index (χ0n) is 10.0. The number of rotatable bonds is 4. The lowest BCUT2D eigenvalue weighted by Crippen LogP contribution is -2.21. The third-order valence-electron chi connectivity index (χ3n) is 3.23. The number of carboxylic acids is 1. The average Bonchev–Trinajstić information content (AvgIpc) is 2.85. The van der Waals surface area contributed by atoms with Crippen LogP contribution in [-0.2, 0) is 4.79 Å². The number of hydrogen-bond donors (Lipinski definition) is 1. The van der Waals surface area contributed by atoms with Gasteiger partial charge in [-0.3, -0.25) is 4.68 Å². The van der Waals surface area contributed by atoms with Crippen molar-refractivity contribution < 1.29 is 14.3 Å². The second-order valence-corrected chi connectivity index (χ2v) is 4.74. The molecule has 1 unspecified atom stereocenters. The molecule has 0 aliphatic heterocycles. The summed E-state index contributed by atoms with van der Waals surface area (Å²) in [5.41, 5.74) is 0.815. The molecule has 2 heterocycles. The Kier molecular flexibility index (Phi) is 2.47. The SMILES string of the molecule is Cc1ccc(-c2cnn(C(C(=O)O)C3CC3)c2)o1. The van der Waals surface area contributed by atoms with E-state index in [0.29, 0.717) is 0 Å². The van der Waals surface area contributed by atoms with Gasteiger partial charge in [-0.15, -0.1) is 0 Å². The highest BCUT2D eigenvalue weighted by Crippen LogP contribution is 2.40. The zero-order valence-corrected chi connectivity index (χ0v) is 10.0. The quantitative estimate of drug-likeness (QED) is 0.899. The fourth-order valence-electron chi connectivity index (χ4n) is 2.15. The van der Waals surface area contributed by atoms with Gasteiger partial charge in [-0.2, -0.15) is 5.10 Å². The molecule has 1 aliphatic carbocycles. The highest BCUT2D eigenvalue weighted by molar-refractivity contribution is 5.73. The topological polar surface area (TPSA) is 68.3 Å². The van der Waals surface area contributed by atoms with Crippen molar-refractivity contribution in [3.63, 3.8) is 0 Å². The molecule has 3 rings (SSSR count). The van der Waals surface area contributed by atoms with E-state index < -0.39 is 12.0 Å². The van der Waals surface area contributed by atoms with Gasteiger partial charge in [0, 0.05) is 6.20 Å². The smallest absolute Gasteiger partial charge is 0.328 e. The van der Waals surface area contributed by atoms with Crippen molar-refractivity contribution in [1.82, 2.24) is 9.78 Å². The minimum atomic E-state index is -0.817. The molecule has 94 valence electrons. The van der Waals surface area contributed by atoms with Gasteiger partial charge in [-0.1, -0.05) is 0 Å². The van der Waals surface area contributed by atoms with E-state index in [4.69, 9.17) is 4.42 Å². The van der Waals surface area contributed by atoms with Gasteiger partial charge in [0.15, 0.2) is 6.04 Å². The first-order valence-corrected chi connectivity index (χ1v) is 5.99. The van der Waals surface area contributed by atoms with Gasteiger partial charge in [-0.25, -0.2) is 4.79 Å². The van der Waals surface area contributed by atoms with Crippen molar-refractivity contribution in [3.05, 3.63) is 30.3 Å². The van der Waals surface area contributed by atoms with E-state index in [1.54, 1.807) is 12.4 Å². The molecular formula is C13H14N2O3. The predicted molar refractivity (Wildman–Crippen MR) is 64.1 cm³/mol. The first kappa shape index (κ1) is 11.1. The third kappa shape index (κ3) is 1.92. The summed E-state index contributed by atoms with van der Waals surface area (Å²) in [6.45, 7) is 1.87. The lowest BCUT2D eigenvalue weighted by Gasteiger charge is -2.10. The maximum absolute atomic E-state index is 11.2. The van der Waals surface area contributed by atoms with Gasteiger partial charge in [0.2, 0.25) is 0 Å². The summed E-state index contributed by atoms with van der Waals surface area (Å²) in [6.07, 6.45) is 5.32. The van der Waals surface area contributed by atoms with Crippen molar-refractivity contribution in [2.75, 3.05) is 0 Å². The molecule has 0 aromatic carbocycles. The van der Waals surface area contributed by atoms with Gasteiger partial charge in [0.25, 0.3) is 0 Å². The van der Waals surface area contributed by atoms with Crippen molar-refractivity contribution in [1.29, 1.82) is 0 Å². The summed E-state index contributed by atoms with van der Waals surface area (Å²) in [7, 11) is 0. The Bertz CT molecular complexity index is 581. The van der Waals surface area contributed by atoms with Crippen LogP contribution in [-0.4, -0.2) is 20.9 Å². The summed E-state index contributed by atoms with van der Waals surface area (Å²) >= 11 is 0. The third-order valence-corrected chi connectivity index (χ3v) is 3.23. The van der Waals surface area contributed by atoms with E-state index in [1.807, 2.05) is 19.1 Å². The minimum Gasteiger partial charge on any atom is -0.480 e. The first-order chi connectivity index (χ1) is 8.65. The van der Waals surface area contributed by atoms with Crippen LogP contribution in [0.4, 0.5) is 0 Å². The summed E-state index contributed by atoms with van der Waals surface area (Å²) in [4.78, 5) is 11.2. The number of hydrogen-bond acceptors (Lipinski definition) is 3. The van der Waals surface area contributed by atoms with Crippen molar-refractivity contribution in [3.8, 4) is 11.3 Å². The molecule has 5 heteroatoms. The number of carboxylic acid groups (broad SMARTS) is 1. The van der Waals surface area contributed by atoms with Gasteiger partial charge < -0.3 is 9.52 Å². The Hall–Kier alpha value is -2.04. The van der Waals surface area contributed by atoms with Gasteiger partial charge in [0.1, 0.15) is 11.5 Å². The molecule has 18 heavy (non-hydrogen) atoms. The molecule has 1 fully saturated rings. The molecule has 1 N–H and O–H groups in total. The molecule has 0 spiro atoms. The van der Waals surface area contributed by atoms with Crippen molar-refractivity contribution in [2.24, 2.45) is 5.92 Å². The highest BCUT2D eigenvalue weighted by atomic mass is 16.4. The van der Waals surface area contributed by atoms with E-state index in [9.17, 15) is 9.90 Å². The molecule has 5 nitrogen and oxygen atoms in total. The van der Waals surface area contributed by atoms with Crippen LogP contribution in [0.5, 0.6) is 0 Å². The molecule has 1 saturated carbocycles. The van der Waals surface area contributed by atoms with Crippen LogP contribution in [0.3, 0.4) is 0 Å². The molecular weight excluding hydrogens is 232 g/mol. The zero-order chi connectivity index (χ0) is 12.7. The molecule has 0 saturated heterocycles. The van der Waals surface area contributed by atoms with Crippen LogP contribution in [0.1, 0.15) is 24.6 Å². The number of carbonyl (C=O) groups is 1. The van der Waals surface area contributed by atoms with Crippen LogP contribution < -0.4 is 0 Å². The van der Waals surface area contributed by atoms with Crippen LogP contribution in [0.2, 0.25) is 0 Å². The Morgan fingerprint density at radius 2 is 2.33 bits per heavy atom. The average molecular weight is 246 g/mol. The second-order valence-electron chi connectivity index (χ2n) is 4.74. The fraction of sp³-hybridized carbons (Fsp3) is 0.385. The van der Waals surface area contributed by atoms with E-state index in [1.165, 1.54) is 4.68 Å². The van der Waals surface area contributed by atoms with E-state index in [-0.39, 0.29) is 5.92 Å². The summed E-state index contributed by atoms with van der Waals surface area (Å²) < 4.78 is 7.03. The van der Waals surface area contributed by atoms with E-state index in [2.05, 4.69) is 5.10 Å². The van der Waals surface area contributed by atoms with Crippen molar-refractivity contribution >= 4 is 5.97 Å². The normalized spacial score (nSPS) is 16.7. The Morgan fingerprint density at radius 1 is 1.56 bits per heavy atom. The predicted octanol–water partition coefficient (Wildman–Crippen LogP) is 2.49. The van der Waals surface area contributed by atoms with E-state index in [0.717, 1.165) is 29.9 Å². The number of aryl methyl sites for hydroxylation is 1. The fourth-order valence-corrected chi connectivity index (χ4v) is 2.15. The number of nitrogens with zero attached hydrogens (tertiary/aromatic N) is 2. The monoisotopic (exact) mass is 246 g/mol.